The Bertz CT molecular complexity index is 501. The lowest BCUT2D eigenvalue weighted by Crippen LogP contribution is -3.00. The second-order valence-electron chi connectivity index (χ2n) is 4.92. The molecule has 0 aliphatic rings. The van der Waals surface area contributed by atoms with Gasteiger partial charge in [0.2, 0.25) is 5.54 Å². The van der Waals surface area contributed by atoms with Crippen LogP contribution >= 0.6 is 0 Å². The van der Waals surface area contributed by atoms with Crippen molar-refractivity contribution in [2.75, 3.05) is 0 Å². The molecule has 1 aromatic rings. The Hall–Kier alpha value is -1.67. The lowest BCUT2D eigenvalue weighted by Gasteiger charge is -2.22. The normalized spacial score (nSPS) is 12.6. The highest BCUT2D eigenvalue weighted by atomic mass is 35.5. The van der Waals surface area contributed by atoms with Gasteiger partial charge in [0.25, 0.3) is 0 Å². The number of aromatic nitrogens is 2. The molecule has 0 aliphatic heterocycles. The van der Waals surface area contributed by atoms with Gasteiger partial charge in [-0.05, 0) is 6.92 Å². The average Bonchev–Trinajstić information content (AvgIpc) is 2.66. The fourth-order valence-corrected chi connectivity index (χ4v) is 1.49. The summed E-state index contributed by atoms with van der Waals surface area (Å²) in [4.78, 5) is 21.8. The van der Waals surface area contributed by atoms with Crippen molar-refractivity contribution < 1.29 is 31.4 Å². The quantitative estimate of drug-likeness (QED) is 0.340. The summed E-state index contributed by atoms with van der Waals surface area (Å²) in [6.45, 7) is 4.62. The first-order chi connectivity index (χ1) is 8.67. The molecule has 1 heterocycles. The number of halogens is 1. The van der Waals surface area contributed by atoms with Gasteiger partial charge in [0.05, 0.1) is 7.05 Å². The summed E-state index contributed by atoms with van der Waals surface area (Å²) < 4.78 is 8.53. The van der Waals surface area contributed by atoms with Crippen LogP contribution in [0.25, 0.3) is 0 Å². The Morgan fingerprint density at radius 1 is 1.65 bits per heavy atom. The summed E-state index contributed by atoms with van der Waals surface area (Å²) in [5.41, 5.74) is 4.05. The first kappa shape index (κ1) is 18.3. The summed E-state index contributed by atoms with van der Waals surface area (Å²) in [5, 5.41) is 10.9. The smallest absolute Gasteiger partial charge is 0.349 e. The number of ether oxygens (including phenoxy) is 1. The third-order valence-electron chi connectivity index (χ3n) is 3.23. The van der Waals surface area contributed by atoms with Crippen LogP contribution in [0.3, 0.4) is 0 Å². The number of nitrogens with two attached hydrogens (primary N) is 1. The molecule has 0 saturated heterocycles. The average molecular weight is 307 g/mol. The monoisotopic (exact) mass is 306 g/mol. The van der Waals surface area contributed by atoms with Crippen LogP contribution in [0.4, 0.5) is 0 Å². The van der Waals surface area contributed by atoms with Gasteiger partial charge < -0.3 is 22.9 Å². The van der Waals surface area contributed by atoms with Gasteiger partial charge in [-0.15, -0.1) is 0 Å². The molecule has 0 spiro atoms. The van der Waals surface area contributed by atoms with E-state index in [9.17, 15) is 14.9 Å². The Morgan fingerprint density at radius 3 is 2.65 bits per heavy atom. The van der Waals surface area contributed by atoms with Crippen molar-refractivity contribution in [1.82, 2.24) is 4.57 Å². The molecular weight excluding hydrogens is 288 g/mol. The van der Waals surface area contributed by atoms with Crippen molar-refractivity contribution >= 4 is 5.91 Å². The highest BCUT2D eigenvalue weighted by Gasteiger charge is 2.39. The third kappa shape index (κ3) is 3.67. The molecular formula is C11H19ClN4O4. The number of rotatable bonds is 6. The van der Waals surface area contributed by atoms with E-state index in [0.717, 1.165) is 0 Å². The van der Waals surface area contributed by atoms with E-state index in [1.165, 1.54) is 18.4 Å². The van der Waals surface area contributed by atoms with Gasteiger partial charge in [0.15, 0.2) is 6.73 Å². The van der Waals surface area contributed by atoms with Gasteiger partial charge in [-0.25, -0.2) is 9.13 Å². The Kier molecular flexibility index (Phi) is 6.11. The largest absolute Gasteiger partial charge is 1.00 e. The summed E-state index contributed by atoms with van der Waals surface area (Å²) >= 11 is 0. The third-order valence-corrected chi connectivity index (χ3v) is 3.23. The van der Waals surface area contributed by atoms with Crippen LogP contribution in [0.1, 0.15) is 31.4 Å². The van der Waals surface area contributed by atoms with E-state index >= 15 is 0 Å². The first-order valence-corrected chi connectivity index (χ1v) is 5.78. The molecule has 1 atom stereocenters. The maximum Gasteiger partial charge on any atom is 0.349 e. The topological polar surface area (TPSA) is 104 Å². The summed E-state index contributed by atoms with van der Waals surface area (Å²) in [7, 11) is 1.68. The van der Waals surface area contributed by atoms with Crippen LogP contribution in [0.5, 0.6) is 0 Å². The number of carbonyl (C=O) groups excluding carboxylic acids is 1. The van der Waals surface area contributed by atoms with Crippen LogP contribution in [0, 0.1) is 10.1 Å². The number of carbonyl (C=O) groups is 1. The molecule has 114 valence electrons. The molecule has 0 aromatic carbocycles. The van der Waals surface area contributed by atoms with Crippen molar-refractivity contribution in [3.05, 3.63) is 28.3 Å². The van der Waals surface area contributed by atoms with Gasteiger partial charge in [-0.2, -0.15) is 0 Å². The fraction of sp³-hybridized carbons (Fsp3) is 0.636. The maximum absolute atomic E-state index is 11.3. The minimum Gasteiger partial charge on any atom is -1.00 e. The molecule has 1 amide bonds. The van der Waals surface area contributed by atoms with Gasteiger partial charge in [0.1, 0.15) is 18.5 Å². The minimum absolute atomic E-state index is 0. The van der Waals surface area contributed by atoms with Gasteiger partial charge in [0, 0.05) is 18.8 Å². The van der Waals surface area contributed by atoms with E-state index in [0.29, 0.717) is 0 Å². The van der Waals surface area contributed by atoms with E-state index in [4.69, 9.17) is 10.5 Å². The summed E-state index contributed by atoms with van der Waals surface area (Å²) in [6.07, 6.45) is 2.68. The minimum atomic E-state index is -1.21. The lowest BCUT2D eigenvalue weighted by atomic mass is 10.0. The van der Waals surface area contributed by atoms with Crippen LogP contribution in [0.2, 0.25) is 0 Å². The highest BCUT2D eigenvalue weighted by molar-refractivity contribution is 5.87. The molecule has 0 bridgehead atoms. The van der Waals surface area contributed by atoms with E-state index in [-0.39, 0.29) is 29.9 Å². The Balaban J connectivity index is 0.00000361. The molecule has 9 heteroatoms. The second kappa shape index (κ2) is 6.67. The number of primary amides is 1. The molecule has 0 fully saturated rings. The number of imidazole rings is 1. The SMILES string of the molecule is CC(OCn1cc[n+](C)c1C(N)=O)C(C)(C)[N+](=O)[O-].[Cl-]. The first-order valence-electron chi connectivity index (χ1n) is 5.78. The number of aryl methyl sites for hydroxylation is 1. The zero-order valence-electron chi connectivity index (χ0n) is 11.9. The van der Waals surface area contributed by atoms with E-state index in [1.807, 2.05) is 0 Å². The van der Waals surface area contributed by atoms with Crippen LogP contribution in [0.15, 0.2) is 12.4 Å². The predicted molar refractivity (Wildman–Crippen MR) is 65.7 cm³/mol. The summed E-state index contributed by atoms with van der Waals surface area (Å²) in [5.74, 6) is -0.316. The number of hydrogen-bond acceptors (Lipinski definition) is 4. The van der Waals surface area contributed by atoms with Crippen molar-refractivity contribution in [3.8, 4) is 0 Å². The number of hydrogen-bond donors (Lipinski definition) is 1. The van der Waals surface area contributed by atoms with Crippen LogP contribution in [-0.2, 0) is 18.5 Å². The zero-order valence-corrected chi connectivity index (χ0v) is 12.6. The molecule has 0 saturated carbocycles. The van der Waals surface area contributed by atoms with Crippen molar-refractivity contribution in [3.63, 3.8) is 0 Å². The second-order valence-corrected chi connectivity index (χ2v) is 4.92. The zero-order chi connectivity index (χ0) is 14.8. The maximum atomic E-state index is 11.3. The van der Waals surface area contributed by atoms with Crippen LogP contribution < -0.4 is 22.7 Å². The Morgan fingerprint density at radius 2 is 2.20 bits per heavy atom. The summed E-state index contributed by atoms with van der Waals surface area (Å²) in [6, 6.07) is 0. The number of nitrogens with zero attached hydrogens (tertiary/aromatic N) is 3. The molecule has 1 aromatic heterocycles. The standard InChI is InChI=1S/C11H18N4O4.ClH/c1-8(11(2,3)15(17)18)19-7-14-6-5-13(4)10(14)9(12)16;/h5-6,8H,7H2,1-4H3,(H-,12,16);1H. The molecule has 20 heavy (non-hydrogen) atoms. The Labute approximate surface area is 123 Å². The molecule has 2 N–H and O–H groups in total. The fourth-order valence-electron chi connectivity index (χ4n) is 1.49. The van der Waals surface area contributed by atoms with Crippen molar-refractivity contribution in [2.24, 2.45) is 12.8 Å². The van der Waals surface area contributed by atoms with Crippen molar-refractivity contribution in [1.29, 1.82) is 0 Å². The lowest BCUT2D eigenvalue weighted by molar-refractivity contribution is -0.673. The van der Waals surface area contributed by atoms with E-state index in [2.05, 4.69) is 0 Å². The molecule has 0 radical (unpaired) electrons. The van der Waals surface area contributed by atoms with E-state index < -0.39 is 17.6 Å². The number of nitro groups is 1. The highest BCUT2D eigenvalue weighted by Crippen LogP contribution is 2.17. The predicted octanol–water partition coefficient (Wildman–Crippen LogP) is -3.17. The molecule has 8 nitrogen and oxygen atoms in total. The molecule has 1 rings (SSSR count). The van der Waals surface area contributed by atoms with Gasteiger partial charge in [-0.1, -0.05) is 0 Å². The molecule has 0 aliphatic carbocycles. The molecule has 1 unspecified atom stereocenters. The number of amides is 1. The van der Waals surface area contributed by atoms with Crippen molar-refractivity contribution in [2.45, 2.75) is 39.1 Å². The van der Waals surface area contributed by atoms with Gasteiger partial charge >= 0.3 is 11.7 Å². The van der Waals surface area contributed by atoms with Gasteiger partial charge in [-0.3, -0.25) is 14.9 Å². The van der Waals surface area contributed by atoms with E-state index in [1.54, 1.807) is 30.9 Å². The van der Waals surface area contributed by atoms with Crippen LogP contribution in [-0.4, -0.2) is 27.0 Å².